The number of carbonyl (C=O) groups is 2. The number of aromatic carboxylic acids is 2. The highest BCUT2D eigenvalue weighted by Gasteiger charge is 2.24. The van der Waals surface area contributed by atoms with Crippen LogP contribution in [0.4, 0.5) is 11.4 Å². The number of allylic oxidation sites excluding steroid dienone is 2. The van der Waals surface area contributed by atoms with Crippen LogP contribution in [0.2, 0.25) is 0 Å². The van der Waals surface area contributed by atoms with Gasteiger partial charge in [0.1, 0.15) is 22.6 Å². The van der Waals surface area contributed by atoms with Crippen LogP contribution in [0.1, 0.15) is 46.0 Å². The first-order chi connectivity index (χ1) is 18.0. The summed E-state index contributed by atoms with van der Waals surface area (Å²) in [6.07, 6.45) is 0. The minimum absolute atomic E-state index is 0.211. The van der Waals surface area contributed by atoms with E-state index in [-0.39, 0.29) is 22.6 Å². The van der Waals surface area contributed by atoms with Crippen molar-refractivity contribution in [3.05, 3.63) is 88.5 Å². The molecule has 0 aliphatic carbocycles. The van der Waals surface area contributed by atoms with Crippen LogP contribution in [0, 0.1) is 0 Å². The van der Waals surface area contributed by atoms with Crippen molar-refractivity contribution in [3.8, 4) is 11.5 Å². The fourth-order valence-corrected chi connectivity index (χ4v) is 3.83. The van der Waals surface area contributed by atoms with Crippen molar-refractivity contribution in [1.82, 2.24) is 15.9 Å². The minimum atomic E-state index is -1.27. The first-order valence-corrected chi connectivity index (χ1v) is 11.1. The molecule has 1 aliphatic rings. The molecule has 4 rings (SSSR count). The van der Waals surface area contributed by atoms with E-state index in [1.807, 2.05) is 0 Å². The van der Waals surface area contributed by atoms with Gasteiger partial charge in [0.2, 0.25) is 0 Å². The molecule has 0 bridgehead atoms. The number of benzene rings is 2. The Bertz CT molecular complexity index is 1520. The molecule has 38 heavy (non-hydrogen) atoms. The van der Waals surface area contributed by atoms with Gasteiger partial charge in [0.05, 0.1) is 45.6 Å². The van der Waals surface area contributed by atoms with Gasteiger partial charge < -0.3 is 26.2 Å². The summed E-state index contributed by atoms with van der Waals surface area (Å²) in [5.41, 5.74) is 15.6. The van der Waals surface area contributed by atoms with Gasteiger partial charge in [-0.25, -0.2) is 20.4 Å². The number of phenols is 2. The average molecular weight is 520 g/mol. The number of carboxylic acids is 2. The van der Waals surface area contributed by atoms with Crippen molar-refractivity contribution in [2.45, 2.75) is 13.8 Å². The summed E-state index contributed by atoms with van der Waals surface area (Å²) >= 11 is 0. The number of nitrogens with two attached hydrogens (primary N) is 2. The minimum Gasteiger partial charge on any atom is -0.507 e. The largest absolute Gasteiger partial charge is 0.507 e. The summed E-state index contributed by atoms with van der Waals surface area (Å²) in [6.45, 7) is 3.46. The molecule has 0 saturated carbocycles. The molecule has 0 amide bonds. The zero-order valence-electron chi connectivity index (χ0n) is 20.3. The number of aromatic nitrogens is 1. The number of hydrogen-bond acceptors (Lipinski definition) is 11. The molecule has 0 unspecified atom stereocenters. The summed E-state index contributed by atoms with van der Waals surface area (Å²) in [6, 6.07) is 13.3. The van der Waals surface area contributed by atoms with Gasteiger partial charge in [-0.3, -0.25) is 15.4 Å². The number of carboxylic acid groups (broad SMARTS) is 2. The molecule has 0 fully saturated rings. The maximum absolute atomic E-state index is 11.2. The zero-order valence-corrected chi connectivity index (χ0v) is 20.3. The lowest BCUT2D eigenvalue weighted by atomic mass is 10.1. The Balaban J connectivity index is 1.63. The van der Waals surface area contributed by atoms with Crippen LogP contribution < -0.4 is 32.6 Å². The first-order valence-electron chi connectivity index (χ1n) is 11.1. The highest BCUT2D eigenvalue weighted by molar-refractivity contribution is 5.92. The van der Waals surface area contributed by atoms with E-state index >= 15 is 0 Å². The Labute approximate surface area is 216 Å². The molecule has 2 heterocycles. The summed E-state index contributed by atoms with van der Waals surface area (Å²) in [4.78, 5) is 27.0. The number of nitrogens with one attached hydrogen (secondary N) is 2. The van der Waals surface area contributed by atoms with Gasteiger partial charge >= 0.3 is 11.9 Å². The van der Waals surface area contributed by atoms with E-state index in [0.717, 1.165) is 0 Å². The molecule has 196 valence electrons. The summed E-state index contributed by atoms with van der Waals surface area (Å²) in [5, 5.41) is 41.1. The van der Waals surface area contributed by atoms with Gasteiger partial charge in [-0.05, 0) is 50.2 Å². The van der Waals surface area contributed by atoms with Gasteiger partial charge in [-0.1, -0.05) is 6.07 Å². The SMILES string of the molecule is CC1=C(c2cccc(/C(N)=C(\C)N(N)c3ccc(C(=O)O)c(O)c3)n2)NNN1c1ccc(C(=O)O)c(O)c1. The summed E-state index contributed by atoms with van der Waals surface area (Å²) < 4.78 is 0. The molecule has 2 aromatic carbocycles. The Kier molecular flexibility index (Phi) is 6.79. The van der Waals surface area contributed by atoms with Crippen molar-refractivity contribution in [1.29, 1.82) is 0 Å². The number of aromatic hydroxyl groups is 2. The van der Waals surface area contributed by atoms with Gasteiger partial charge in [0, 0.05) is 12.1 Å². The fourth-order valence-electron chi connectivity index (χ4n) is 3.83. The van der Waals surface area contributed by atoms with E-state index in [4.69, 9.17) is 21.8 Å². The van der Waals surface area contributed by atoms with Gasteiger partial charge in [-0.2, -0.15) is 0 Å². The third kappa shape index (κ3) is 4.74. The predicted molar refractivity (Wildman–Crippen MR) is 139 cm³/mol. The second kappa shape index (κ2) is 10.0. The Morgan fingerprint density at radius 2 is 1.61 bits per heavy atom. The molecule has 1 aromatic heterocycles. The van der Waals surface area contributed by atoms with E-state index in [1.165, 1.54) is 35.3 Å². The molecule has 13 nitrogen and oxygen atoms in total. The third-order valence-corrected chi connectivity index (χ3v) is 5.98. The molecule has 10 N–H and O–H groups in total. The number of anilines is 2. The lowest BCUT2D eigenvalue weighted by Gasteiger charge is -2.22. The molecule has 1 aliphatic heterocycles. The monoisotopic (exact) mass is 519 g/mol. The van der Waals surface area contributed by atoms with Crippen molar-refractivity contribution >= 4 is 34.7 Å². The normalized spacial score (nSPS) is 13.7. The van der Waals surface area contributed by atoms with Crippen LogP contribution in [0.25, 0.3) is 11.4 Å². The fraction of sp³-hybridized carbons (Fsp3) is 0.0800. The Hall–Kier alpha value is -5.27. The second-order valence-corrected chi connectivity index (χ2v) is 8.32. The molecular formula is C25H25N7O6. The topological polar surface area (TPSA) is 211 Å². The van der Waals surface area contributed by atoms with Crippen LogP contribution in [0.3, 0.4) is 0 Å². The van der Waals surface area contributed by atoms with E-state index in [9.17, 15) is 19.8 Å². The number of hydrogen-bond donors (Lipinski definition) is 8. The predicted octanol–water partition coefficient (Wildman–Crippen LogP) is 2.13. The number of pyridine rings is 1. The lowest BCUT2D eigenvalue weighted by Crippen LogP contribution is -2.37. The standard InChI is InChI=1S/C25H25N7O6/c1-12(31(27)14-6-8-16(24(35)36)20(33)10-14)22(26)18-4-3-5-19(28-18)23-13(2)32(30-29-23)15-7-9-17(25(37)38)21(34)11-15/h3-11,29-30,33-34H,26-27H2,1-2H3,(H,35,36)(H,37,38)/b22-12-. The van der Waals surface area contributed by atoms with Crippen LogP contribution >= 0.6 is 0 Å². The highest BCUT2D eigenvalue weighted by atomic mass is 16.4. The van der Waals surface area contributed by atoms with E-state index in [2.05, 4.69) is 15.9 Å². The zero-order chi connectivity index (χ0) is 27.7. The van der Waals surface area contributed by atoms with Gasteiger partial charge in [0.15, 0.2) is 0 Å². The maximum atomic E-state index is 11.2. The van der Waals surface area contributed by atoms with Crippen LogP contribution in [0.15, 0.2) is 66.0 Å². The molecule has 0 spiro atoms. The van der Waals surface area contributed by atoms with Crippen LogP contribution in [-0.2, 0) is 0 Å². The molecule has 0 atom stereocenters. The van der Waals surface area contributed by atoms with Gasteiger partial charge in [-0.15, -0.1) is 5.53 Å². The van der Waals surface area contributed by atoms with Crippen LogP contribution in [-0.4, -0.2) is 37.3 Å². The Morgan fingerprint density at radius 1 is 0.974 bits per heavy atom. The lowest BCUT2D eigenvalue weighted by molar-refractivity contribution is 0.0682. The average Bonchev–Trinajstić information content (AvgIpc) is 3.28. The molecule has 0 saturated heterocycles. The molecule has 13 heteroatoms. The number of nitrogens with zero attached hydrogens (tertiary/aromatic N) is 3. The molecule has 3 aromatic rings. The molecular weight excluding hydrogens is 494 g/mol. The third-order valence-electron chi connectivity index (χ3n) is 5.98. The van der Waals surface area contributed by atoms with E-state index in [1.54, 1.807) is 43.1 Å². The molecule has 0 radical (unpaired) electrons. The van der Waals surface area contributed by atoms with E-state index in [0.29, 0.717) is 39.9 Å². The van der Waals surface area contributed by atoms with Gasteiger partial charge in [0.25, 0.3) is 0 Å². The van der Waals surface area contributed by atoms with E-state index < -0.39 is 17.7 Å². The number of hydrazine groups is 3. The summed E-state index contributed by atoms with van der Waals surface area (Å²) in [7, 11) is 0. The van der Waals surface area contributed by atoms with Crippen molar-refractivity contribution in [2.24, 2.45) is 11.6 Å². The van der Waals surface area contributed by atoms with Crippen LogP contribution in [0.5, 0.6) is 11.5 Å². The van der Waals surface area contributed by atoms with Crippen molar-refractivity contribution < 1.29 is 30.0 Å². The van der Waals surface area contributed by atoms with Crippen molar-refractivity contribution in [2.75, 3.05) is 10.0 Å². The Morgan fingerprint density at radius 3 is 2.21 bits per heavy atom. The maximum Gasteiger partial charge on any atom is 0.339 e. The smallest absolute Gasteiger partial charge is 0.339 e. The van der Waals surface area contributed by atoms with Crippen molar-refractivity contribution in [3.63, 3.8) is 0 Å². The summed E-state index contributed by atoms with van der Waals surface area (Å²) in [5.74, 6) is 2.88. The first kappa shape index (κ1) is 25.8. The number of rotatable bonds is 7. The highest BCUT2D eigenvalue weighted by Crippen LogP contribution is 2.31. The second-order valence-electron chi connectivity index (χ2n) is 8.32. The quantitative estimate of drug-likeness (QED) is 0.166.